The van der Waals surface area contributed by atoms with Crippen LogP contribution in [-0.2, 0) is 14.8 Å². The quantitative estimate of drug-likeness (QED) is 0.642. The molecule has 0 radical (unpaired) electrons. The zero-order chi connectivity index (χ0) is 16.3. The molecule has 0 bridgehead atoms. The number of nitro groups is 1. The largest absolute Gasteiger partial charge is 0.376 e. The Kier molecular flexibility index (Phi) is 4.99. The first-order chi connectivity index (χ1) is 10.3. The van der Waals surface area contributed by atoms with Gasteiger partial charge in [0.05, 0.1) is 15.9 Å². The van der Waals surface area contributed by atoms with Gasteiger partial charge < -0.3 is 9.64 Å². The third kappa shape index (κ3) is 3.93. The van der Waals surface area contributed by atoms with E-state index in [4.69, 9.17) is 9.88 Å². The van der Waals surface area contributed by atoms with Crippen LogP contribution in [0.2, 0.25) is 0 Å². The predicted octanol–water partition coefficient (Wildman–Crippen LogP) is 1.25. The van der Waals surface area contributed by atoms with Gasteiger partial charge in [-0.25, -0.2) is 13.6 Å². The topological polar surface area (TPSA) is 116 Å². The summed E-state index contributed by atoms with van der Waals surface area (Å²) in [5, 5.41) is 16.2. The molecule has 0 aliphatic carbocycles. The standard InChI is InChI=1S/C13H19N3O5S/c1-15(9-10-4-2-3-7-21-10)12-6-5-11(22(14,19)20)8-13(12)16(17)18/h5-6,8,10H,2-4,7,9H2,1H3,(H2,14,19,20). The average Bonchev–Trinajstić information content (AvgIpc) is 2.46. The summed E-state index contributed by atoms with van der Waals surface area (Å²) < 4.78 is 28.3. The van der Waals surface area contributed by atoms with Crippen LogP contribution >= 0.6 is 0 Å². The van der Waals surface area contributed by atoms with Gasteiger partial charge in [-0.05, 0) is 31.4 Å². The number of benzene rings is 1. The van der Waals surface area contributed by atoms with Gasteiger partial charge in [0.1, 0.15) is 5.69 Å². The highest BCUT2D eigenvalue weighted by Gasteiger charge is 2.23. The van der Waals surface area contributed by atoms with Crippen LogP contribution in [0.5, 0.6) is 0 Å². The fourth-order valence-electron chi connectivity index (χ4n) is 2.50. The minimum absolute atomic E-state index is 0.0243. The Bertz CT molecular complexity index is 656. The molecule has 1 aromatic rings. The Labute approximate surface area is 129 Å². The van der Waals surface area contributed by atoms with E-state index >= 15 is 0 Å². The van der Waals surface area contributed by atoms with E-state index in [-0.39, 0.29) is 16.7 Å². The second-order valence-corrected chi connectivity index (χ2v) is 6.88. The Morgan fingerprint density at radius 1 is 1.45 bits per heavy atom. The Morgan fingerprint density at radius 3 is 2.73 bits per heavy atom. The predicted molar refractivity (Wildman–Crippen MR) is 81.3 cm³/mol. The van der Waals surface area contributed by atoms with Gasteiger partial charge in [0.25, 0.3) is 5.69 Å². The number of hydrogen-bond donors (Lipinski definition) is 1. The van der Waals surface area contributed by atoms with Crippen molar-refractivity contribution in [2.75, 3.05) is 25.1 Å². The van der Waals surface area contributed by atoms with Crippen LogP contribution in [0, 0.1) is 10.1 Å². The van der Waals surface area contributed by atoms with E-state index in [1.54, 1.807) is 11.9 Å². The maximum atomic E-state index is 11.3. The molecule has 0 amide bonds. The lowest BCUT2D eigenvalue weighted by atomic mass is 10.1. The zero-order valence-electron chi connectivity index (χ0n) is 12.3. The highest BCUT2D eigenvalue weighted by atomic mass is 32.2. The second kappa shape index (κ2) is 6.59. The van der Waals surface area contributed by atoms with Crippen molar-refractivity contribution < 1.29 is 18.1 Å². The van der Waals surface area contributed by atoms with Crippen molar-refractivity contribution in [2.45, 2.75) is 30.3 Å². The summed E-state index contributed by atoms with van der Waals surface area (Å²) in [7, 11) is -2.26. The smallest absolute Gasteiger partial charge is 0.293 e. The van der Waals surface area contributed by atoms with Gasteiger partial charge >= 0.3 is 0 Å². The maximum Gasteiger partial charge on any atom is 0.293 e. The first-order valence-corrected chi connectivity index (χ1v) is 8.47. The normalized spacial score (nSPS) is 18.9. The summed E-state index contributed by atoms with van der Waals surface area (Å²) in [4.78, 5) is 12.0. The van der Waals surface area contributed by atoms with Crippen LogP contribution in [0.1, 0.15) is 19.3 Å². The number of nitrogens with zero attached hydrogens (tertiary/aromatic N) is 2. The van der Waals surface area contributed by atoms with E-state index in [9.17, 15) is 18.5 Å². The molecule has 1 heterocycles. The molecule has 1 unspecified atom stereocenters. The summed E-state index contributed by atoms with van der Waals surface area (Å²) in [5.74, 6) is 0. The van der Waals surface area contributed by atoms with Crippen molar-refractivity contribution in [3.63, 3.8) is 0 Å². The molecule has 1 aliphatic rings. The first-order valence-electron chi connectivity index (χ1n) is 6.93. The van der Waals surface area contributed by atoms with E-state index in [0.29, 0.717) is 18.8 Å². The molecule has 122 valence electrons. The molecule has 0 saturated carbocycles. The highest BCUT2D eigenvalue weighted by molar-refractivity contribution is 7.89. The van der Waals surface area contributed by atoms with Crippen molar-refractivity contribution in [3.05, 3.63) is 28.3 Å². The minimum Gasteiger partial charge on any atom is -0.376 e. The monoisotopic (exact) mass is 329 g/mol. The Morgan fingerprint density at radius 2 is 2.18 bits per heavy atom. The third-order valence-electron chi connectivity index (χ3n) is 3.63. The lowest BCUT2D eigenvalue weighted by molar-refractivity contribution is -0.384. The first kappa shape index (κ1) is 16.7. The Hall–Kier alpha value is -1.71. The van der Waals surface area contributed by atoms with Gasteiger partial charge in [-0.1, -0.05) is 0 Å². The van der Waals surface area contributed by atoms with Gasteiger partial charge in [-0.15, -0.1) is 0 Å². The molecule has 1 saturated heterocycles. The van der Waals surface area contributed by atoms with Crippen LogP contribution in [0.25, 0.3) is 0 Å². The summed E-state index contributed by atoms with van der Waals surface area (Å²) >= 11 is 0. The van der Waals surface area contributed by atoms with Crippen molar-refractivity contribution in [1.29, 1.82) is 0 Å². The molecule has 0 aromatic heterocycles. The molecule has 1 fully saturated rings. The fraction of sp³-hybridized carbons (Fsp3) is 0.538. The number of primary sulfonamides is 1. The average molecular weight is 329 g/mol. The number of anilines is 1. The van der Waals surface area contributed by atoms with E-state index < -0.39 is 14.9 Å². The number of sulfonamides is 1. The number of nitrogens with two attached hydrogens (primary N) is 1. The second-order valence-electron chi connectivity index (χ2n) is 5.32. The van der Waals surface area contributed by atoms with Gasteiger partial charge in [-0.2, -0.15) is 0 Å². The van der Waals surface area contributed by atoms with Gasteiger partial charge in [0.2, 0.25) is 10.0 Å². The molecule has 1 atom stereocenters. The van der Waals surface area contributed by atoms with Gasteiger partial charge in [0.15, 0.2) is 0 Å². The van der Waals surface area contributed by atoms with Crippen LogP contribution in [0.4, 0.5) is 11.4 Å². The van der Waals surface area contributed by atoms with Crippen LogP contribution in [0.15, 0.2) is 23.1 Å². The molecule has 1 aliphatic heterocycles. The molecular formula is C13H19N3O5S. The van der Waals surface area contributed by atoms with Crippen LogP contribution in [-0.4, -0.2) is 39.6 Å². The number of hydrogen-bond acceptors (Lipinski definition) is 6. The van der Waals surface area contributed by atoms with Crippen molar-refractivity contribution in [1.82, 2.24) is 0 Å². The number of nitro benzene ring substituents is 1. The molecule has 2 rings (SSSR count). The van der Waals surface area contributed by atoms with Crippen LogP contribution < -0.4 is 10.0 Å². The van der Waals surface area contributed by atoms with Crippen molar-refractivity contribution in [2.24, 2.45) is 5.14 Å². The molecule has 2 N–H and O–H groups in total. The van der Waals surface area contributed by atoms with Crippen LogP contribution in [0.3, 0.4) is 0 Å². The summed E-state index contributed by atoms with van der Waals surface area (Å²) in [6.45, 7) is 1.21. The van der Waals surface area contributed by atoms with E-state index in [1.165, 1.54) is 12.1 Å². The lowest BCUT2D eigenvalue weighted by Crippen LogP contribution is -2.33. The maximum absolute atomic E-state index is 11.3. The minimum atomic E-state index is -3.98. The van der Waals surface area contributed by atoms with Crippen molar-refractivity contribution in [3.8, 4) is 0 Å². The molecule has 9 heteroatoms. The number of ether oxygens (including phenoxy) is 1. The van der Waals surface area contributed by atoms with E-state index in [2.05, 4.69) is 0 Å². The molecule has 8 nitrogen and oxygen atoms in total. The molecule has 22 heavy (non-hydrogen) atoms. The number of rotatable bonds is 5. The SMILES string of the molecule is CN(CC1CCCCO1)c1ccc(S(N)(=O)=O)cc1[N+](=O)[O-]. The third-order valence-corrected chi connectivity index (χ3v) is 4.55. The van der Waals surface area contributed by atoms with Gasteiger partial charge in [-0.3, -0.25) is 10.1 Å². The number of likely N-dealkylation sites (N-methyl/N-ethyl adjacent to an activating group) is 1. The molecular weight excluding hydrogens is 310 g/mol. The summed E-state index contributed by atoms with van der Waals surface area (Å²) in [6.07, 6.45) is 3.04. The molecule has 0 spiro atoms. The lowest BCUT2D eigenvalue weighted by Gasteiger charge is -2.28. The zero-order valence-corrected chi connectivity index (χ0v) is 13.1. The van der Waals surface area contributed by atoms with E-state index in [1.807, 2.05) is 0 Å². The summed E-state index contributed by atoms with van der Waals surface area (Å²) in [5.41, 5.74) is 0.0522. The summed E-state index contributed by atoms with van der Waals surface area (Å²) in [6, 6.07) is 3.67. The van der Waals surface area contributed by atoms with Gasteiger partial charge in [0, 0.05) is 26.3 Å². The fourth-order valence-corrected chi connectivity index (χ4v) is 3.04. The van der Waals surface area contributed by atoms with Crippen molar-refractivity contribution >= 4 is 21.4 Å². The highest BCUT2D eigenvalue weighted by Crippen LogP contribution is 2.30. The molecule has 1 aromatic carbocycles. The Balaban J connectivity index is 2.27. The van der Waals surface area contributed by atoms with E-state index in [0.717, 1.165) is 25.3 Å².